The molecule has 4 rings (SSSR count). The van der Waals surface area contributed by atoms with Crippen molar-refractivity contribution in [1.82, 2.24) is 9.78 Å². The van der Waals surface area contributed by atoms with Crippen molar-refractivity contribution in [3.63, 3.8) is 0 Å². The lowest BCUT2D eigenvalue weighted by atomic mass is 10.1. The second kappa shape index (κ2) is 9.95. The quantitative estimate of drug-likeness (QED) is 0.372. The van der Waals surface area contributed by atoms with Gasteiger partial charge < -0.3 is 14.8 Å². The van der Waals surface area contributed by atoms with Crippen LogP contribution < -0.4 is 14.8 Å². The molecule has 1 amide bonds. The van der Waals surface area contributed by atoms with Gasteiger partial charge in [0.25, 0.3) is 5.91 Å². The zero-order chi connectivity index (χ0) is 23.2. The van der Waals surface area contributed by atoms with E-state index in [1.165, 1.54) is 16.8 Å². The molecule has 168 valence electrons. The molecule has 0 aliphatic heterocycles. The van der Waals surface area contributed by atoms with Gasteiger partial charge in [-0.05, 0) is 53.9 Å². The third-order valence-corrected chi connectivity index (χ3v) is 4.80. The molecule has 1 aromatic heterocycles. The van der Waals surface area contributed by atoms with Crippen molar-refractivity contribution < 1.29 is 23.0 Å². The highest BCUT2D eigenvalue weighted by Crippen LogP contribution is 2.28. The summed E-state index contributed by atoms with van der Waals surface area (Å²) in [6.45, 7) is -1.12. The fourth-order valence-corrected chi connectivity index (χ4v) is 3.20. The first-order chi connectivity index (χ1) is 16.0. The lowest BCUT2D eigenvalue weighted by molar-refractivity contribution is -0.0493. The first-order valence-corrected chi connectivity index (χ1v) is 10.2. The molecule has 0 fully saturated rings. The molecular weight excluding hydrogens is 428 g/mol. The molecule has 0 aliphatic carbocycles. The maximum absolute atomic E-state index is 12.6. The molecule has 3 aromatic carbocycles. The predicted molar refractivity (Wildman–Crippen MR) is 120 cm³/mol. The number of hydrogen-bond donors (Lipinski definition) is 1. The van der Waals surface area contributed by atoms with Crippen molar-refractivity contribution in [3.05, 3.63) is 96.3 Å². The van der Waals surface area contributed by atoms with E-state index in [2.05, 4.69) is 15.2 Å². The van der Waals surface area contributed by atoms with Gasteiger partial charge in [-0.15, -0.1) is 0 Å². The average Bonchev–Trinajstić information content (AvgIpc) is 3.29. The van der Waals surface area contributed by atoms with Crippen LogP contribution in [0.5, 0.6) is 11.5 Å². The van der Waals surface area contributed by atoms with Crippen LogP contribution >= 0.6 is 0 Å². The van der Waals surface area contributed by atoms with Gasteiger partial charge in [-0.2, -0.15) is 13.9 Å². The number of ether oxygens (including phenoxy) is 2. The van der Waals surface area contributed by atoms with Gasteiger partial charge >= 0.3 is 6.61 Å². The summed E-state index contributed by atoms with van der Waals surface area (Å²) < 4.78 is 36.9. The lowest BCUT2D eigenvalue weighted by Crippen LogP contribution is -2.15. The Morgan fingerprint density at radius 1 is 1.00 bits per heavy atom. The van der Waals surface area contributed by atoms with Crippen LogP contribution in [0.25, 0.3) is 11.1 Å². The van der Waals surface area contributed by atoms with Gasteiger partial charge in [0.1, 0.15) is 11.5 Å². The van der Waals surface area contributed by atoms with Crippen LogP contribution in [-0.4, -0.2) is 22.3 Å². The number of aryl methyl sites for hydroxylation is 1. The number of halogens is 2. The number of carbonyl (C=O) groups excluding carboxylic acids is 1. The number of amides is 1. The van der Waals surface area contributed by atoms with Crippen LogP contribution in [0.1, 0.15) is 16.1 Å². The van der Waals surface area contributed by atoms with E-state index in [1.54, 1.807) is 25.3 Å². The smallest absolute Gasteiger partial charge is 0.387 e. The molecule has 1 N–H and O–H groups in total. The monoisotopic (exact) mass is 449 g/mol. The lowest BCUT2D eigenvalue weighted by Gasteiger charge is -2.12. The minimum absolute atomic E-state index is 0.0994. The van der Waals surface area contributed by atoms with Gasteiger partial charge in [-0.1, -0.05) is 48.5 Å². The van der Waals surface area contributed by atoms with Gasteiger partial charge in [-0.3, -0.25) is 4.79 Å². The normalized spacial score (nSPS) is 10.8. The SMILES string of the molecule is Cc1ccc(OC(F)F)c(NC(=O)c2ccn(COc3ccc(-c4ccccc4)cc3)n2)c1. The third kappa shape index (κ3) is 5.74. The minimum atomic E-state index is -3.00. The van der Waals surface area contributed by atoms with Gasteiger partial charge in [-0.25, -0.2) is 4.68 Å². The maximum atomic E-state index is 12.6. The molecule has 0 radical (unpaired) electrons. The molecule has 8 heteroatoms. The van der Waals surface area contributed by atoms with Crippen LogP contribution in [0.3, 0.4) is 0 Å². The summed E-state index contributed by atoms with van der Waals surface area (Å²) >= 11 is 0. The van der Waals surface area contributed by atoms with Crippen molar-refractivity contribution in [2.24, 2.45) is 0 Å². The summed E-state index contributed by atoms with van der Waals surface area (Å²) in [5.74, 6) is -0.0129. The van der Waals surface area contributed by atoms with Crippen molar-refractivity contribution in [2.45, 2.75) is 20.3 Å². The number of nitrogens with zero attached hydrogens (tertiary/aromatic N) is 2. The van der Waals surface area contributed by atoms with Crippen molar-refractivity contribution in [2.75, 3.05) is 5.32 Å². The Bertz CT molecular complexity index is 1230. The average molecular weight is 449 g/mol. The number of aromatic nitrogens is 2. The molecule has 1 heterocycles. The Morgan fingerprint density at radius 2 is 1.73 bits per heavy atom. The number of alkyl halides is 2. The van der Waals surface area contributed by atoms with Crippen LogP contribution in [-0.2, 0) is 6.73 Å². The number of rotatable bonds is 8. The summed E-state index contributed by atoms with van der Waals surface area (Å²) in [5.41, 5.74) is 3.23. The van der Waals surface area contributed by atoms with Crippen LogP contribution in [0, 0.1) is 6.92 Å². The van der Waals surface area contributed by atoms with E-state index < -0.39 is 12.5 Å². The molecule has 0 bridgehead atoms. The highest BCUT2D eigenvalue weighted by molar-refractivity contribution is 6.03. The van der Waals surface area contributed by atoms with Gasteiger partial charge in [0.2, 0.25) is 0 Å². The zero-order valence-corrected chi connectivity index (χ0v) is 17.7. The minimum Gasteiger partial charge on any atom is -0.471 e. The summed E-state index contributed by atoms with van der Waals surface area (Å²) in [4.78, 5) is 12.6. The number of nitrogens with one attached hydrogen (secondary N) is 1. The molecule has 0 spiro atoms. The van der Waals surface area contributed by atoms with E-state index in [-0.39, 0.29) is 23.9 Å². The molecule has 4 aromatic rings. The van der Waals surface area contributed by atoms with Crippen molar-refractivity contribution >= 4 is 11.6 Å². The Morgan fingerprint density at radius 3 is 2.45 bits per heavy atom. The Hall–Kier alpha value is -4.20. The fourth-order valence-electron chi connectivity index (χ4n) is 3.20. The molecule has 6 nitrogen and oxygen atoms in total. The topological polar surface area (TPSA) is 65.4 Å². The van der Waals surface area contributed by atoms with E-state index in [0.717, 1.165) is 16.7 Å². The molecule has 0 aliphatic rings. The van der Waals surface area contributed by atoms with Gasteiger partial charge in [0.05, 0.1) is 5.69 Å². The molecule has 0 unspecified atom stereocenters. The molecule has 33 heavy (non-hydrogen) atoms. The first kappa shape index (κ1) is 22.0. The standard InChI is InChI=1S/C25H21F2N3O3/c1-17-7-12-23(33-25(26)27)22(15-17)28-24(31)21-13-14-30(29-21)16-32-20-10-8-19(9-11-20)18-5-3-2-4-6-18/h2-15,25H,16H2,1H3,(H,28,31). The Labute approximate surface area is 189 Å². The largest absolute Gasteiger partial charge is 0.471 e. The van der Waals surface area contributed by atoms with E-state index >= 15 is 0 Å². The van der Waals surface area contributed by atoms with E-state index in [0.29, 0.717) is 5.75 Å². The van der Waals surface area contributed by atoms with Crippen LogP contribution in [0.4, 0.5) is 14.5 Å². The molecule has 0 atom stereocenters. The van der Waals surface area contributed by atoms with Crippen LogP contribution in [0.15, 0.2) is 85.1 Å². The van der Waals surface area contributed by atoms with Crippen molar-refractivity contribution in [3.8, 4) is 22.6 Å². The summed E-state index contributed by atoms with van der Waals surface area (Å²) in [7, 11) is 0. The highest BCUT2D eigenvalue weighted by atomic mass is 19.3. The summed E-state index contributed by atoms with van der Waals surface area (Å²) in [6, 6.07) is 23.7. The molecule has 0 saturated heterocycles. The second-order valence-electron chi connectivity index (χ2n) is 7.24. The van der Waals surface area contributed by atoms with Crippen LogP contribution in [0.2, 0.25) is 0 Å². The molecular formula is C25H21F2N3O3. The number of benzene rings is 3. The fraction of sp³-hybridized carbons (Fsp3) is 0.120. The third-order valence-electron chi connectivity index (χ3n) is 4.80. The van der Waals surface area contributed by atoms with Crippen molar-refractivity contribution in [1.29, 1.82) is 0 Å². The predicted octanol–water partition coefficient (Wildman–Crippen LogP) is 5.75. The van der Waals surface area contributed by atoms with Gasteiger partial charge in [0, 0.05) is 6.20 Å². The number of anilines is 1. The van der Waals surface area contributed by atoms with E-state index in [9.17, 15) is 13.6 Å². The zero-order valence-electron chi connectivity index (χ0n) is 17.7. The van der Waals surface area contributed by atoms with E-state index in [1.807, 2.05) is 54.6 Å². The second-order valence-corrected chi connectivity index (χ2v) is 7.24. The van der Waals surface area contributed by atoms with E-state index in [4.69, 9.17) is 4.74 Å². The summed E-state index contributed by atoms with van der Waals surface area (Å²) in [6.07, 6.45) is 1.60. The van der Waals surface area contributed by atoms with Gasteiger partial charge in [0.15, 0.2) is 12.4 Å². The highest BCUT2D eigenvalue weighted by Gasteiger charge is 2.15. The number of hydrogen-bond acceptors (Lipinski definition) is 4. The first-order valence-electron chi connectivity index (χ1n) is 10.2. The maximum Gasteiger partial charge on any atom is 0.387 e. The Kier molecular flexibility index (Phi) is 6.64. The molecule has 0 saturated carbocycles. The Balaban J connectivity index is 1.37. The summed E-state index contributed by atoms with van der Waals surface area (Å²) in [5, 5.41) is 6.76. The number of carbonyl (C=O) groups is 1.